The molecule has 0 spiro atoms. The van der Waals surface area contributed by atoms with Crippen LogP contribution in [0.2, 0.25) is 0 Å². The smallest absolute Gasteiger partial charge is 0.150 e. The highest BCUT2D eigenvalue weighted by atomic mass is 16.5. The van der Waals surface area contributed by atoms with Gasteiger partial charge in [0.05, 0.1) is 19.0 Å². The lowest BCUT2D eigenvalue weighted by atomic mass is 9.89. The zero-order valence-corrected chi connectivity index (χ0v) is 16.3. The fraction of sp³-hybridized carbons (Fsp3) is 0.409. The van der Waals surface area contributed by atoms with Crippen molar-refractivity contribution < 1.29 is 4.74 Å². The summed E-state index contributed by atoms with van der Waals surface area (Å²) in [5.41, 5.74) is 2.59. The van der Waals surface area contributed by atoms with Gasteiger partial charge < -0.3 is 15.4 Å². The molecule has 0 unspecified atom stereocenters. The molecule has 2 N–H and O–H groups in total. The number of pyridine rings is 1. The lowest BCUT2D eigenvalue weighted by molar-refractivity contribution is 0.234. The molecule has 0 radical (unpaired) electrons. The van der Waals surface area contributed by atoms with E-state index < -0.39 is 0 Å². The monoisotopic (exact) mass is 377 g/mol. The predicted molar refractivity (Wildman–Crippen MR) is 113 cm³/mol. The summed E-state index contributed by atoms with van der Waals surface area (Å²) in [4.78, 5) is 12.9. The second kappa shape index (κ2) is 10.4. The van der Waals surface area contributed by atoms with Gasteiger partial charge in [0.1, 0.15) is 17.3 Å². The highest BCUT2D eigenvalue weighted by Gasteiger charge is 2.14. The highest BCUT2D eigenvalue weighted by molar-refractivity contribution is 5.70. The molecule has 6 heteroatoms. The minimum atomic E-state index is 0.506. The van der Waals surface area contributed by atoms with Crippen molar-refractivity contribution in [2.75, 3.05) is 30.9 Å². The zero-order chi connectivity index (χ0) is 19.6. The first-order valence-corrected chi connectivity index (χ1v) is 9.73. The van der Waals surface area contributed by atoms with Crippen LogP contribution in [0.1, 0.15) is 43.4 Å². The number of hydrogen-bond acceptors (Lipinski definition) is 6. The van der Waals surface area contributed by atoms with Crippen molar-refractivity contribution in [1.29, 1.82) is 0 Å². The number of nitrogens with one attached hydrogen (secondary N) is 2. The quantitative estimate of drug-likeness (QED) is 0.670. The maximum Gasteiger partial charge on any atom is 0.150 e. The lowest BCUT2D eigenvalue weighted by Gasteiger charge is -2.23. The minimum absolute atomic E-state index is 0.506. The normalized spacial score (nSPS) is 14.7. The van der Waals surface area contributed by atoms with Crippen LogP contribution < -0.4 is 10.6 Å². The second-order valence-electron chi connectivity index (χ2n) is 6.96. The average Bonchev–Trinajstić information content (AvgIpc) is 2.75. The van der Waals surface area contributed by atoms with Gasteiger partial charge >= 0.3 is 0 Å². The van der Waals surface area contributed by atoms with Crippen molar-refractivity contribution in [2.45, 2.75) is 32.1 Å². The van der Waals surface area contributed by atoms with E-state index in [0.29, 0.717) is 23.9 Å². The summed E-state index contributed by atoms with van der Waals surface area (Å²) in [5, 5.41) is 6.81. The van der Waals surface area contributed by atoms with Crippen molar-refractivity contribution in [3.8, 4) is 12.3 Å². The Morgan fingerprint density at radius 3 is 2.68 bits per heavy atom. The number of nitrogens with zero attached hydrogens (tertiary/aromatic N) is 3. The molecule has 0 bridgehead atoms. The van der Waals surface area contributed by atoms with Crippen LogP contribution in [0.15, 0.2) is 30.7 Å². The van der Waals surface area contributed by atoms with E-state index in [1.54, 1.807) is 19.5 Å². The van der Waals surface area contributed by atoms with E-state index in [0.717, 1.165) is 23.7 Å². The number of anilines is 3. The molecule has 146 valence electrons. The molecule has 3 rings (SSSR count). The Labute approximate surface area is 166 Å². The maximum atomic E-state index is 5.32. The molecule has 0 atom stereocenters. The summed E-state index contributed by atoms with van der Waals surface area (Å²) in [6, 6.07) is 2.01. The first-order chi connectivity index (χ1) is 13.8. The molecule has 0 saturated heterocycles. The van der Waals surface area contributed by atoms with Crippen LogP contribution in [0.5, 0.6) is 0 Å². The van der Waals surface area contributed by atoms with Gasteiger partial charge in [0.15, 0.2) is 0 Å². The van der Waals surface area contributed by atoms with E-state index in [2.05, 4.69) is 31.5 Å². The van der Waals surface area contributed by atoms with Gasteiger partial charge in [-0.1, -0.05) is 31.4 Å². The van der Waals surface area contributed by atoms with Crippen LogP contribution in [-0.4, -0.2) is 35.2 Å². The van der Waals surface area contributed by atoms with E-state index in [9.17, 15) is 0 Å². The van der Waals surface area contributed by atoms with Gasteiger partial charge in [-0.2, -0.15) is 0 Å². The van der Waals surface area contributed by atoms with E-state index >= 15 is 0 Å². The fourth-order valence-electron chi connectivity index (χ4n) is 3.34. The van der Waals surface area contributed by atoms with Crippen molar-refractivity contribution >= 4 is 23.4 Å². The fourth-order valence-corrected chi connectivity index (χ4v) is 3.34. The maximum absolute atomic E-state index is 5.32. The Bertz CT molecular complexity index is 820. The predicted octanol–water partition coefficient (Wildman–Crippen LogP) is 4.25. The molecule has 2 aromatic heterocycles. The number of methoxy groups -OCH3 is 1. The Balaban J connectivity index is 1.74. The Morgan fingerprint density at radius 1 is 1.14 bits per heavy atom. The van der Waals surface area contributed by atoms with Crippen LogP contribution in [0.3, 0.4) is 0 Å². The minimum Gasteiger partial charge on any atom is -0.384 e. The molecule has 28 heavy (non-hydrogen) atoms. The topological polar surface area (TPSA) is 72.0 Å². The average molecular weight is 377 g/mol. The Hall–Kier alpha value is -2.91. The van der Waals surface area contributed by atoms with Crippen LogP contribution in [0.4, 0.5) is 17.3 Å². The molecule has 1 saturated carbocycles. The van der Waals surface area contributed by atoms with Crippen molar-refractivity contribution in [3.63, 3.8) is 0 Å². The number of hydrogen-bond donors (Lipinski definition) is 2. The molecule has 0 aliphatic heterocycles. The summed E-state index contributed by atoms with van der Waals surface area (Å²) < 4.78 is 5.11. The van der Waals surface area contributed by atoms with Gasteiger partial charge in [-0.15, -0.1) is 6.42 Å². The highest BCUT2D eigenvalue weighted by Crippen LogP contribution is 2.26. The number of ether oxygens (including phenoxy) is 1. The summed E-state index contributed by atoms with van der Waals surface area (Å²) in [6.07, 6.45) is 21.0. The summed E-state index contributed by atoms with van der Waals surface area (Å²) >= 11 is 0. The van der Waals surface area contributed by atoms with Gasteiger partial charge in [0.25, 0.3) is 0 Å². The van der Waals surface area contributed by atoms with Gasteiger partial charge in [-0.05, 0) is 24.7 Å². The molecule has 1 aliphatic rings. The lowest BCUT2D eigenvalue weighted by Crippen LogP contribution is -2.17. The summed E-state index contributed by atoms with van der Waals surface area (Å²) in [6.45, 7) is 1.55. The van der Waals surface area contributed by atoms with Gasteiger partial charge in [0.2, 0.25) is 0 Å². The second-order valence-corrected chi connectivity index (χ2v) is 6.96. The van der Waals surface area contributed by atoms with Gasteiger partial charge in [-0.3, -0.25) is 0 Å². The van der Waals surface area contributed by atoms with Crippen LogP contribution in [-0.2, 0) is 4.74 Å². The largest absolute Gasteiger partial charge is 0.384 e. The van der Waals surface area contributed by atoms with Crippen LogP contribution >= 0.6 is 0 Å². The van der Waals surface area contributed by atoms with E-state index in [4.69, 9.17) is 11.2 Å². The number of rotatable bonds is 8. The van der Waals surface area contributed by atoms with Crippen LogP contribution in [0.25, 0.3) is 6.08 Å². The third kappa shape index (κ3) is 5.80. The van der Waals surface area contributed by atoms with Gasteiger partial charge in [-0.25, -0.2) is 15.0 Å². The molecule has 2 aromatic rings. The van der Waals surface area contributed by atoms with Crippen molar-refractivity contribution in [3.05, 3.63) is 42.0 Å². The SMILES string of the molecule is C#Cc1cnc(Nc2cc(NCC3CCCCC3)c(/C=C/COC)cn2)cn1. The Morgan fingerprint density at radius 2 is 1.96 bits per heavy atom. The first-order valence-electron chi connectivity index (χ1n) is 9.73. The Kier molecular flexibility index (Phi) is 7.39. The zero-order valence-electron chi connectivity index (χ0n) is 16.3. The molecule has 2 heterocycles. The molecule has 0 amide bonds. The van der Waals surface area contributed by atoms with Crippen molar-refractivity contribution in [1.82, 2.24) is 15.0 Å². The molecule has 6 nitrogen and oxygen atoms in total. The summed E-state index contributed by atoms with van der Waals surface area (Å²) in [7, 11) is 1.68. The van der Waals surface area contributed by atoms with Crippen molar-refractivity contribution in [2.24, 2.45) is 5.92 Å². The number of aromatic nitrogens is 3. The molecule has 0 aromatic carbocycles. The van der Waals surface area contributed by atoms with E-state index in [1.807, 2.05) is 24.4 Å². The first kappa shape index (κ1) is 19.8. The molecule has 1 aliphatic carbocycles. The van der Waals surface area contributed by atoms with Gasteiger partial charge in [0, 0.05) is 37.2 Å². The van der Waals surface area contributed by atoms with Crippen LogP contribution in [0, 0.1) is 18.3 Å². The summed E-state index contributed by atoms with van der Waals surface area (Å²) in [5.74, 6) is 4.51. The number of terminal acetylenes is 1. The molecule has 1 fully saturated rings. The van der Waals surface area contributed by atoms with E-state index in [1.165, 1.54) is 32.1 Å². The third-order valence-corrected chi connectivity index (χ3v) is 4.86. The third-order valence-electron chi connectivity index (χ3n) is 4.86. The standard InChI is InChI=1S/C22H27N5O/c1-3-19-15-26-22(16-23-19)27-21-12-20(18(14-25-21)10-7-11-28-2)24-13-17-8-5-4-6-9-17/h1,7,10,12,14-17H,4-6,8-9,11,13H2,2H3,(H2,24,25,26,27)/b10-7+. The molecular formula is C22H27N5O. The molecular weight excluding hydrogens is 350 g/mol. The van der Waals surface area contributed by atoms with E-state index in [-0.39, 0.29) is 0 Å².